The predicted molar refractivity (Wildman–Crippen MR) is 128 cm³/mol. The van der Waals surface area contributed by atoms with E-state index in [1.807, 2.05) is 62.4 Å². The van der Waals surface area contributed by atoms with Crippen molar-refractivity contribution >= 4 is 45.2 Å². The number of nitriles is 1. The van der Waals surface area contributed by atoms with E-state index in [4.69, 9.17) is 16.3 Å². The highest BCUT2D eigenvalue weighted by Crippen LogP contribution is 2.28. The smallest absolute Gasteiger partial charge is 0.266 e. The van der Waals surface area contributed by atoms with E-state index in [0.29, 0.717) is 33.1 Å². The second kappa shape index (κ2) is 10.3. The van der Waals surface area contributed by atoms with Crippen LogP contribution in [0.2, 0.25) is 5.02 Å². The van der Waals surface area contributed by atoms with Gasteiger partial charge >= 0.3 is 0 Å². The molecule has 1 N–H and O–H groups in total. The lowest BCUT2D eigenvalue weighted by Crippen LogP contribution is -2.13. The molecule has 31 heavy (non-hydrogen) atoms. The van der Waals surface area contributed by atoms with E-state index in [0.717, 1.165) is 16.7 Å². The molecule has 0 radical (unpaired) electrons. The quantitative estimate of drug-likeness (QED) is 0.301. The fourth-order valence-corrected chi connectivity index (χ4v) is 3.53. The Morgan fingerprint density at radius 1 is 1.13 bits per heavy atom. The van der Waals surface area contributed by atoms with Crippen LogP contribution in [0.25, 0.3) is 6.08 Å². The SMILES string of the molecule is Cc1ccc(NC(=O)/C(C#N)=C/c2ccc(OCc3ccccc3Cl)c(Br)c2)cc1C. The number of amides is 1. The molecule has 0 aliphatic rings. The topological polar surface area (TPSA) is 62.1 Å². The maximum atomic E-state index is 12.5. The molecule has 0 unspecified atom stereocenters. The average Bonchev–Trinajstić information content (AvgIpc) is 2.75. The number of anilines is 1. The summed E-state index contributed by atoms with van der Waals surface area (Å²) in [6.45, 7) is 4.30. The summed E-state index contributed by atoms with van der Waals surface area (Å²) in [5, 5.41) is 12.9. The number of benzene rings is 3. The van der Waals surface area contributed by atoms with Crippen LogP contribution in [0, 0.1) is 25.2 Å². The van der Waals surface area contributed by atoms with Gasteiger partial charge in [0.05, 0.1) is 4.47 Å². The summed E-state index contributed by atoms with van der Waals surface area (Å²) < 4.78 is 6.55. The van der Waals surface area contributed by atoms with Crippen LogP contribution in [-0.4, -0.2) is 5.91 Å². The van der Waals surface area contributed by atoms with Crippen molar-refractivity contribution in [1.29, 1.82) is 5.26 Å². The Morgan fingerprint density at radius 3 is 2.58 bits per heavy atom. The van der Waals surface area contributed by atoms with Gasteiger partial charge in [-0.1, -0.05) is 41.9 Å². The molecule has 0 bridgehead atoms. The minimum atomic E-state index is -0.457. The zero-order chi connectivity index (χ0) is 22.4. The number of aryl methyl sites for hydroxylation is 2. The van der Waals surface area contributed by atoms with E-state index >= 15 is 0 Å². The Balaban J connectivity index is 1.72. The van der Waals surface area contributed by atoms with Gasteiger partial charge in [0.15, 0.2) is 0 Å². The third-order valence-corrected chi connectivity index (χ3v) is 5.73. The van der Waals surface area contributed by atoms with Crippen molar-refractivity contribution in [3.05, 3.63) is 98.0 Å². The molecule has 0 spiro atoms. The molecule has 0 fully saturated rings. The standard InChI is InChI=1S/C25H20BrClN2O2/c1-16-7-9-21(11-17(16)2)29-25(30)20(14-28)12-18-8-10-24(22(26)13-18)31-15-19-5-3-4-6-23(19)27/h3-13H,15H2,1-2H3,(H,29,30)/b20-12+. The molecule has 0 saturated carbocycles. The molecule has 3 aromatic rings. The molecule has 1 amide bonds. The fraction of sp³-hybridized carbons (Fsp3) is 0.120. The van der Waals surface area contributed by atoms with Crippen molar-refractivity contribution < 1.29 is 9.53 Å². The van der Waals surface area contributed by atoms with Crippen LogP contribution in [0.4, 0.5) is 5.69 Å². The highest BCUT2D eigenvalue weighted by atomic mass is 79.9. The van der Waals surface area contributed by atoms with E-state index < -0.39 is 5.91 Å². The molecule has 156 valence electrons. The fourth-order valence-electron chi connectivity index (χ4n) is 2.83. The van der Waals surface area contributed by atoms with E-state index in [1.54, 1.807) is 24.3 Å². The summed E-state index contributed by atoms with van der Waals surface area (Å²) in [4.78, 5) is 12.5. The largest absolute Gasteiger partial charge is 0.488 e. The highest BCUT2D eigenvalue weighted by Gasteiger charge is 2.11. The number of nitrogens with one attached hydrogen (secondary N) is 1. The van der Waals surface area contributed by atoms with Crippen LogP contribution in [0.3, 0.4) is 0 Å². The average molecular weight is 496 g/mol. The van der Waals surface area contributed by atoms with Gasteiger partial charge < -0.3 is 10.1 Å². The molecule has 0 heterocycles. The number of halogens is 2. The van der Waals surface area contributed by atoms with Gasteiger partial charge in [-0.05, 0) is 82.9 Å². The molecule has 0 atom stereocenters. The predicted octanol–water partition coefficient (Wildman–Crippen LogP) is 6.84. The van der Waals surface area contributed by atoms with Crippen molar-refractivity contribution in [2.75, 3.05) is 5.32 Å². The molecule has 0 aliphatic carbocycles. The molecule has 0 saturated heterocycles. The van der Waals surface area contributed by atoms with Gasteiger partial charge in [0.25, 0.3) is 5.91 Å². The molecule has 3 aromatic carbocycles. The Labute approximate surface area is 195 Å². The lowest BCUT2D eigenvalue weighted by Gasteiger charge is -2.10. The third kappa shape index (κ3) is 5.97. The van der Waals surface area contributed by atoms with Gasteiger partial charge in [0.1, 0.15) is 24.0 Å². The number of carbonyl (C=O) groups is 1. The Kier molecular flexibility index (Phi) is 7.51. The van der Waals surface area contributed by atoms with Gasteiger partial charge in [-0.25, -0.2) is 0 Å². The zero-order valence-corrected chi connectivity index (χ0v) is 19.4. The number of nitrogens with zero attached hydrogens (tertiary/aromatic N) is 1. The van der Waals surface area contributed by atoms with E-state index in [-0.39, 0.29) is 5.57 Å². The maximum Gasteiger partial charge on any atom is 0.266 e. The first kappa shape index (κ1) is 22.6. The third-order valence-electron chi connectivity index (χ3n) is 4.74. The van der Waals surface area contributed by atoms with Gasteiger partial charge in [-0.15, -0.1) is 0 Å². The molecular weight excluding hydrogens is 476 g/mol. The van der Waals surface area contributed by atoms with E-state index in [9.17, 15) is 10.1 Å². The summed E-state index contributed by atoms with van der Waals surface area (Å²) in [5.41, 5.74) is 4.44. The van der Waals surface area contributed by atoms with Crippen LogP contribution in [0.1, 0.15) is 22.3 Å². The van der Waals surface area contributed by atoms with E-state index in [2.05, 4.69) is 21.2 Å². The lowest BCUT2D eigenvalue weighted by atomic mass is 10.1. The molecule has 0 aromatic heterocycles. The second-order valence-corrected chi connectivity index (χ2v) is 8.25. The molecular formula is C25H20BrClN2O2. The monoisotopic (exact) mass is 494 g/mol. The minimum Gasteiger partial charge on any atom is -0.488 e. The molecule has 4 nitrogen and oxygen atoms in total. The van der Waals surface area contributed by atoms with E-state index in [1.165, 1.54) is 0 Å². The first-order chi connectivity index (χ1) is 14.9. The van der Waals surface area contributed by atoms with Gasteiger partial charge in [0.2, 0.25) is 0 Å². The van der Waals surface area contributed by atoms with Crippen molar-refractivity contribution in [3.63, 3.8) is 0 Å². The van der Waals surface area contributed by atoms with Gasteiger partial charge in [-0.3, -0.25) is 4.79 Å². The van der Waals surface area contributed by atoms with Crippen LogP contribution in [-0.2, 0) is 11.4 Å². The van der Waals surface area contributed by atoms with Crippen LogP contribution < -0.4 is 10.1 Å². The molecule has 3 rings (SSSR count). The first-order valence-corrected chi connectivity index (χ1v) is 10.7. The Bertz CT molecular complexity index is 1200. The van der Waals surface area contributed by atoms with Crippen molar-refractivity contribution in [2.24, 2.45) is 0 Å². The summed E-state index contributed by atoms with van der Waals surface area (Å²) in [6, 6.07) is 20.4. The highest BCUT2D eigenvalue weighted by molar-refractivity contribution is 9.10. The summed E-state index contributed by atoms with van der Waals surface area (Å²) in [6.07, 6.45) is 1.54. The van der Waals surface area contributed by atoms with Crippen molar-refractivity contribution in [1.82, 2.24) is 0 Å². The number of ether oxygens (including phenoxy) is 1. The summed E-state index contributed by atoms with van der Waals surface area (Å²) >= 11 is 9.65. The number of hydrogen-bond donors (Lipinski definition) is 1. The van der Waals surface area contributed by atoms with Crippen LogP contribution in [0.15, 0.2) is 70.7 Å². The van der Waals surface area contributed by atoms with Crippen LogP contribution >= 0.6 is 27.5 Å². The van der Waals surface area contributed by atoms with Gasteiger partial charge in [0, 0.05) is 16.3 Å². The van der Waals surface area contributed by atoms with Crippen LogP contribution in [0.5, 0.6) is 5.75 Å². The summed E-state index contributed by atoms with van der Waals surface area (Å²) in [7, 11) is 0. The zero-order valence-electron chi connectivity index (χ0n) is 17.1. The number of rotatable bonds is 6. The minimum absolute atomic E-state index is 0.00913. The summed E-state index contributed by atoms with van der Waals surface area (Å²) in [5.74, 6) is 0.177. The van der Waals surface area contributed by atoms with Crippen molar-refractivity contribution in [2.45, 2.75) is 20.5 Å². The van der Waals surface area contributed by atoms with Crippen molar-refractivity contribution in [3.8, 4) is 11.8 Å². The Hall–Kier alpha value is -3.07. The number of carbonyl (C=O) groups excluding carboxylic acids is 1. The molecule has 6 heteroatoms. The first-order valence-electron chi connectivity index (χ1n) is 9.53. The molecule has 0 aliphatic heterocycles. The Morgan fingerprint density at radius 2 is 1.90 bits per heavy atom. The normalized spacial score (nSPS) is 11.0. The number of hydrogen-bond acceptors (Lipinski definition) is 3. The lowest BCUT2D eigenvalue weighted by molar-refractivity contribution is -0.112. The second-order valence-electron chi connectivity index (χ2n) is 6.99. The van der Waals surface area contributed by atoms with Gasteiger partial charge in [-0.2, -0.15) is 5.26 Å². The maximum absolute atomic E-state index is 12.5.